The Bertz CT molecular complexity index is 3290. The lowest BCUT2D eigenvalue weighted by atomic mass is 9.94. The van der Waals surface area contributed by atoms with Crippen LogP contribution in [-0.2, 0) is 0 Å². The summed E-state index contributed by atoms with van der Waals surface area (Å²) in [7, 11) is 0. The normalized spacial score (nSPS) is 11.4. The lowest BCUT2D eigenvalue weighted by Crippen LogP contribution is -2.11. The van der Waals surface area contributed by atoms with Crippen molar-refractivity contribution in [2.24, 2.45) is 0 Å². The minimum absolute atomic E-state index is 1.08. The molecule has 272 valence electrons. The lowest BCUT2D eigenvalue weighted by molar-refractivity contribution is 1.18. The highest BCUT2D eigenvalue weighted by Gasteiger charge is 2.22. The molecule has 0 saturated carbocycles. The van der Waals surface area contributed by atoms with Gasteiger partial charge in [0.25, 0.3) is 0 Å². The third kappa shape index (κ3) is 5.82. The maximum atomic E-state index is 2.45. The van der Waals surface area contributed by atoms with E-state index < -0.39 is 0 Å². The molecule has 11 rings (SSSR count). The molecule has 0 unspecified atom stereocenters. The average molecular weight is 739 g/mol. The van der Waals surface area contributed by atoms with Crippen molar-refractivity contribution in [2.45, 2.75) is 0 Å². The van der Waals surface area contributed by atoms with Gasteiger partial charge in [-0.1, -0.05) is 170 Å². The summed E-state index contributed by atoms with van der Waals surface area (Å²) in [5.41, 5.74) is 13.9. The highest BCUT2D eigenvalue weighted by atomic mass is 15.1. The summed E-state index contributed by atoms with van der Waals surface area (Å²) in [5.74, 6) is 0. The van der Waals surface area contributed by atoms with Crippen molar-refractivity contribution in [2.75, 3.05) is 4.90 Å². The molecule has 58 heavy (non-hydrogen) atoms. The zero-order chi connectivity index (χ0) is 38.4. The quantitative estimate of drug-likeness (QED) is 0.158. The Balaban J connectivity index is 1.16. The van der Waals surface area contributed by atoms with Crippen LogP contribution in [0.15, 0.2) is 231 Å². The summed E-state index contributed by atoms with van der Waals surface area (Å²) >= 11 is 0. The molecule has 0 radical (unpaired) electrons. The van der Waals surface area contributed by atoms with Crippen molar-refractivity contribution in [3.8, 4) is 39.1 Å². The van der Waals surface area contributed by atoms with Gasteiger partial charge in [0.15, 0.2) is 0 Å². The maximum absolute atomic E-state index is 2.45. The van der Waals surface area contributed by atoms with Crippen LogP contribution in [0.3, 0.4) is 0 Å². The fourth-order valence-corrected chi connectivity index (χ4v) is 8.76. The Morgan fingerprint density at radius 1 is 0.293 bits per heavy atom. The number of hydrogen-bond donors (Lipinski definition) is 0. The van der Waals surface area contributed by atoms with Crippen molar-refractivity contribution in [3.63, 3.8) is 0 Å². The van der Waals surface area contributed by atoms with Crippen LogP contribution in [0.4, 0.5) is 17.1 Å². The van der Waals surface area contributed by atoms with Crippen LogP contribution in [0, 0.1) is 0 Å². The van der Waals surface area contributed by atoms with E-state index in [9.17, 15) is 0 Å². The number of rotatable bonds is 7. The fourth-order valence-electron chi connectivity index (χ4n) is 8.76. The van der Waals surface area contributed by atoms with E-state index in [1.807, 2.05) is 0 Å². The number of aromatic nitrogens is 1. The molecule has 0 amide bonds. The highest BCUT2D eigenvalue weighted by molar-refractivity contribution is 6.11. The van der Waals surface area contributed by atoms with Gasteiger partial charge >= 0.3 is 0 Å². The monoisotopic (exact) mass is 738 g/mol. The molecule has 0 aliphatic rings. The van der Waals surface area contributed by atoms with E-state index in [4.69, 9.17) is 0 Å². The SMILES string of the molecule is c1ccc(-c2ccccc2-n2c3ccccc3c3ccc(N(c4ccccc4)c4ccc(-c5ccc6ccccc6c5)cc4-c4ccc5ccccc5c4)cc32)cc1. The Hall–Kier alpha value is -7.68. The third-order valence-corrected chi connectivity index (χ3v) is 11.5. The topological polar surface area (TPSA) is 8.17 Å². The molecule has 0 N–H and O–H groups in total. The second-order valence-electron chi connectivity index (χ2n) is 15.0. The molecular weight excluding hydrogens is 701 g/mol. The van der Waals surface area contributed by atoms with Gasteiger partial charge in [-0.2, -0.15) is 0 Å². The Kier molecular flexibility index (Phi) is 8.19. The third-order valence-electron chi connectivity index (χ3n) is 11.5. The second-order valence-corrected chi connectivity index (χ2v) is 15.0. The summed E-state index contributed by atoms with van der Waals surface area (Å²) in [4.78, 5) is 2.43. The van der Waals surface area contributed by atoms with Crippen molar-refractivity contribution in [1.29, 1.82) is 0 Å². The summed E-state index contributed by atoms with van der Waals surface area (Å²) in [5, 5.41) is 7.38. The molecule has 0 atom stereocenters. The number of benzene rings is 10. The molecule has 2 heteroatoms. The molecule has 0 aliphatic heterocycles. The molecule has 0 fully saturated rings. The smallest absolute Gasteiger partial charge is 0.0562 e. The summed E-state index contributed by atoms with van der Waals surface area (Å²) in [6.45, 7) is 0. The first-order valence-corrected chi connectivity index (χ1v) is 19.9. The number of para-hydroxylation sites is 3. The van der Waals surface area contributed by atoms with Crippen LogP contribution < -0.4 is 4.90 Å². The zero-order valence-electron chi connectivity index (χ0n) is 31.8. The fraction of sp³-hybridized carbons (Fsp3) is 0. The highest BCUT2D eigenvalue weighted by Crippen LogP contribution is 2.45. The standard InChI is InChI=1S/C56H38N2/c1-3-17-41(18-4-1)49-23-11-13-25-53(49)58-54-26-14-12-24-50(54)51-33-32-48(38-56(51)58)57(47-21-5-2-6-22-47)55-34-31-45(44-29-27-39-15-7-9-19-42(39)35-44)37-52(55)46-30-28-40-16-8-10-20-43(40)36-46/h1-38H. The van der Waals surface area contributed by atoms with Crippen LogP contribution in [0.25, 0.3) is 82.4 Å². The van der Waals surface area contributed by atoms with Crippen molar-refractivity contribution >= 4 is 60.4 Å². The lowest BCUT2D eigenvalue weighted by Gasteiger charge is -2.29. The molecule has 2 nitrogen and oxygen atoms in total. The van der Waals surface area contributed by atoms with E-state index in [2.05, 4.69) is 240 Å². The van der Waals surface area contributed by atoms with Crippen LogP contribution in [-0.4, -0.2) is 4.57 Å². The first kappa shape index (κ1) is 33.6. The second kappa shape index (κ2) is 14.1. The molecule has 11 aromatic rings. The molecule has 0 bridgehead atoms. The van der Waals surface area contributed by atoms with E-state index >= 15 is 0 Å². The van der Waals surface area contributed by atoms with Crippen LogP contribution in [0.5, 0.6) is 0 Å². The summed E-state index contributed by atoms with van der Waals surface area (Å²) in [6.07, 6.45) is 0. The molecule has 1 heterocycles. The van der Waals surface area contributed by atoms with Crippen LogP contribution in [0.1, 0.15) is 0 Å². The molecule has 0 aliphatic carbocycles. The number of hydrogen-bond acceptors (Lipinski definition) is 1. The molecule has 0 saturated heterocycles. The summed E-state index contributed by atoms with van der Waals surface area (Å²) < 4.78 is 2.45. The Morgan fingerprint density at radius 2 is 0.862 bits per heavy atom. The van der Waals surface area contributed by atoms with E-state index in [-0.39, 0.29) is 0 Å². The van der Waals surface area contributed by atoms with Gasteiger partial charge in [-0.25, -0.2) is 0 Å². The van der Waals surface area contributed by atoms with Crippen molar-refractivity contribution in [3.05, 3.63) is 231 Å². The number of fused-ring (bicyclic) bond motifs is 5. The molecule has 10 aromatic carbocycles. The number of nitrogens with zero attached hydrogens (tertiary/aromatic N) is 2. The predicted octanol–water partition coefficient (Wildman–Crippen LogP) is 15.6. The molecule has 1 aromatic heterocycles. The van der Waals surface area contributed by atoms with E-state index in [0.29, 0.717) is 0 Å². The van der Waals surface area contributed by atoms with Gasteiger partial charge in [0.1, 0.15) is 0 Å². The van der Waals surface area contributed by atoms with Gasteiger partial charge in [-0.05, 0) is 104 Å². The van der Waals surface area contributed by atoms with Crippen LogP contribution >= 0.6 is 0 Å². The van der Waals surface area contributed by atoms with Gasteiger partial charge in [0.2, 0.25) is 0 Å². The van der Waals surface area contributed by atoms with Gasteiger partial charge in [0, 0.05) is 33.3 Å². The molecule has 0 spiro atoms. The minimum atomic E-state index is 1.08. The first-order valence-electron chi connectivity index (χ1n) is 19.9. The largest absolute Gasteiger partial charge is 0.310 e. The van der Waals surface area contributed by atoms with Crippen LogP contribution in [0.2, 0.25) is 0 Å². The zero-order valence-corrected chi connectivity index (χ0v) is 31.8. The van der Waals surface area contributed by atoms with E-state index in [0.717, 1.165) is 33.8 Å². The maximum Gasteiger partial charge on any atom is 0.0562 e. The van der Waals surface area contributed by atoms with E-state index in [1.54, 1.807) is 0 Å². The van der Waals surface area contributed by atoms with E-state index in [1.165, 1.54) is 65.7 Å². The minimum Gasteiger partial charge on any atom is -0.310 e. The Morgan fingerprint density at radius 3 is 1.64 bits per heavy atom. The predicted molar refractivity (Wildman–Crippen MR) is 247 cm³/mol. The number of anilines is 3. The van der Waals surface area contributed by atoms with Crippen molar-refractivity contribution < 1.29 is 0 Å². The molecular formula is C56H38N2. The van der Waals surface area contributed by atoms with Gasteiger partial charge in [-0.15, -0.1) is 0 Å². The first-order chi connectivity index (χ1) is 28.8. The summed E-state index contributed by atoms with van der Waals surface area (Å²) in [6, 6.07) is 83.9. The van der Waals surface area contributed by atoms with Gasteiger partial charge in [-0.3, -0.25) is 0 Å². The average Bonchev–Trinajstić information content (AvgIpc) is 3.63. The van der Waals surface area contributed by atoms with Crippen molar-refractivity contribution in [1.82, 2.24) is 4.57 Å². The van der Waals surface area contributed by atoms with Gasteiger partial charge in [0.05, 0.1) is 22.4 Å². The Labute approximate surface area is 338 Å². The van der Waals surface area contributed by atoms with Gasteiger partial charge < -0.3 is 9.47 Å².